The minimum absolute atomic E-state index is 0.0132. The van der Waals surface area contributed by atoms with Crippen molar-refractivity contribution in [3.63, 3.8) is 0 Å². The van der Waals surface area contributed by atoms with Gasteiger partial charge in [-0.05, 0) is 68.9 Å². The molecule has 2 aromatic rings. The molecule has 0 atom stereocenters. The van der Waals surface area contributed by atoms with E-state index in [1.54, 1.807) is 0 Å². The fourth-order valence-corrected chi connectivity index (χ4v) is 3.20. The van der Waals surface area contributed by atoms with Crippen LogP contribution in [0.2, 0.25) is 0 Å². The van der Waals surface area contributed by atoms with Gasteiger partial charge in [-0.15, -0.1) is 0 Å². The highest BCUT2D eigenvalue weighted by Crippen LogP contribution is 2.28. The third-order valence-corrected chi connectivity index (χ3v) is 4.13. The number of fused-ring (bicyclic) bond motifs is 1. The Hall–Kier alpha value is -2.09. The van der Waals surface area contributed by atoms with Gasteiger partial charge in [-0.25, -0.2) is 0 Å². The first-order valence-electron chi connectivity index (χ1n) is 7.64. The highest BCUT2D eigenvalue weighted by molar-refractivity contribution is 6.05. The van der Waals surface area contributed by atoms with Crippen molar-refractivity contribution < 1.29 is 4.79 Å². The molecular weight excluding hydrogens is 258 g/mol. The molecule has 2 nitrogen and oxygen atoms in total. The molecule has 2 aromatic carbocycles. The number of hydrogen-bond acceptors (Lipinski definition) is 1. The molecule has 3 rings (SSSR count). The number of amides is 1. The molecule has 0 saturated carbocycles. The van der Waals surface area contributed by atoms with Crippen LogP contribution in [0.3, 0.4) is 0 Å². The van der Waals surface area contributed by atoms with Crippen LogP contribution in [0.4, 0.5) is 5.69 Å². The smallest absolute Gasteiger partial charge is 0.255 e. The fraction of sp³-hybridized carbons (Fsp3) is 0.316. The van der Waals surface area contributed by atoms with Crippen molar-refractivity contribution in [3.05, 3.63) is 64.2 Å². The standard InChI is InChI=1S/C19H21NO/c1-13-10-14(2)12-16(11-13)19(21)20-18-9-5-7-15-6-3-4-8-17(15)18/h5,7,9-12H,3-4,6,8H2,1-2H3,(H,20,21). The lowest BCUT2D eigenvalue weighted by Gasteiger charge is -2.19. The van der Waals surface area contributed by atoms with Gasteiger partial charge in [0.1, 0.15) is 0 Å². The zero-order valence-corrected chi connectivity index (χ0v) is 12.7. The average Bonchev–Trinajstić information content (AvgIpc) is 2.46. The van der Waals surface area contributed by atoms with Gasteiger partial charge in [-0.3, -0.25) is 4.79 Å². The van der Waals surface area contributed by atoms with Gasteiger partial charge >= 0.3 is 0 Å². The zero-order chi connectivity index (χ0) is 14.8. The number of benzene rings is 2. The second kappa shape index (κ2) is 5.72. The molecule has 21 heavy (non-hydrogen) atoms. The van der Waals surface area contributed by atoms with Gasteiger partial charge in [0.25, 0.3) is 5.91 Å². The Morgan fingerprint density at radius 2 is 1.71 bits per heavy atom. The van der Waals surface area contributed by atoms with Gasteiger partial charge in [-0.1, -0.05) is 29.3 Å². The van der Waals surface area contributed by atoms with Crippen LogP contribution in [-0.4, -0.2) is 5.91 Å². The Kier molecular flexibility index (Phi) is 3.78. The van der Waals surface area contributed by atoms with E-state index in [2.05, 4.69) is 17.4 Å². The van der Waals surface area contributed by atoms with Gasteiger partial charge in [0, 0.05) is 11.3 Å². The molecule has 1 aliphatic rings. The van der Waals surface area contributed by atoms with E-state index in [-0.39, 0.29) is 5.91 Å². The average molecular weight is 279 g/mol. The van der Waals surface area contributed by atoms with Crippen molar-refractivity contribution in [1.29, 1.82) is 0 Å². The zero-order valence-electron chi connectivity index (χ0n) is 12.7. The number of hydrogen-bond donors (Lipinski definition) is 1. The maximum atomic E-state index is 12.5. The lowest BCUT2D eigenvalue weighted by Crippen LogP contribution is -2.15. The summed E-state index contributed by atoms with van der Waals surface area (Å²) in [5.41, 5.74) is 6.67. The summed E-state index contributed by atoms with van der Waals surface area (Å²) in [6, 6.07) is 12.2. The van der Waals surface area contributed by atoms with E-state index in [1.807, 2.05) is 38.1 Å². The van der Waals surface area contributed by atoms with Gasteiger partial charge in [0.05, 0.1) is 0 Å². The quantitative estimate of drug-likeness (QED) is 0.865. The van der Waals surface area contributed by atoms with Crippen LogP contribution in [0.1, 0.15) is 45.5 Å². The van der Waals surface area contributed by atoms with Crippen LogP contribution in [0.25, 0.3) is 0 Å². The SMILES string of the molecule is Cc1cc(C)cc(C(=O)Nc2cccc3c2CCCC3)c1. The lowest BCUT2D eigenvalue weighted by molar-refractivity contribution is 0.102. The summed E-state index contributed by atoms with van der Waals surface area (Å²) in [4.78, 5) is 12.5. The Morgan fingerprint density at radius 1 is 1.00 bits per heavy atom. The molecule has 0 aromatic heterocycles. The summed E-state index contributed by atoms with van der Waals surface area (Å²) in [6.45, 7) is 4.04. The van der Waals surface area contributed by atoms with Gasteiger partial charge in [-0.2, -0.15) is 0 Å². The molecule has 1 N–H and O–H groups in total. The third kappa shape index (κ3) is 2.99. The summed E-state index contributed by atoms with van der Waals surface area (Å²) in [5.74, 6) is -0.0132. The molecule has 0 unspecified atom stereocenters. The predicted molar refractivity (Wildman–Crippen MR) is 87.0 cm³/mol. The number of carbonyl (C=O) groups is 1. The van der Waals surface area contributed by atoms with Crippen molar-refractivity contribution in [2.24, 2.45) is 0 Å². The van der Waals surface area contributed by atoms with E-state index >= 15 is 0 Å². The molecule has 0 heterocycles. The number of anilines is 1. The molecule has 0 fully saturated rings. The number of nitrogens with one attached hydrogen (secondary N) is 1. The maximum Gasteiger partial charge on any atom is 0.255 e. The van der Waals surface area contributed by atoms with Crippen LogP contribution >= 0.6 is 0 Å². The first kappa shape index (κ1) is 13.9. The third-order valence-electron chi connectivity index (χ3n) is 4.13. The second-order valence-corrected chi connectivity index (χ2v) is 5.98. The minimum Gasteiger partial charge on any atom is -0.322 e. The fourth-order valence-electron chi connectivity index (χ4n) is 3.20. The molecular formula is C19H21NO. The first-order valence-corrected chi connectivity index (χ1v) is 7.64. The van der Waals surface area contributed by atoms with Crippen molar-refractivity contribution in [3.8, 4) is 0 Å². The van der Waals surface area contributed by atoms with E-state index in [1.165, 1.54) is 24.0 Å². The van der Waals surface area contributed by atoms with E-state index in [0.29, 0.717) is 0 Å². The van der Waals surface area contributed by atoms with Crippen molar-refractivity contribution >= 4 is 11.6 Å². The number of rotatable bonds is 2. The Morgan fingerprint density at radius 3 is 2.48 bits per heavy atom. The van der Waals surface area contributed by atoms with Crippen molar-refractivity contribution in [2.45, 2.75) is 39.5 Å². The summed E-state index contributed by atoms with van der Waals surface area (Å²) in [6.07, 6.45) is 4.66. The van der Waals surface area contributed by atoms with Crippen LogP contribution in [0.15, 0.2) is 36.4 Å². The maximum absolute atomic E-state index is 12.5. The van der Waals surface area contributed by atoms with Gasteiger partial charge < -0.3 is 5.32 Å². The highest BCUT2D eigenvalue weighted by atomic mass is 16.1. The van der Waals surface area contributed by atoms with E-state index in [4.69, 9.17) is 0 Å². The molecule has 108 valence electrons. The normalized spacial score (nSPS) is 13.6. The topological polar surface area (TPSA) is 29.1 Å². The first-order chi connectivity index (χ1) is 10.1. The Balaban J connectivity index is 1.88. The summed E-state index contributed by atoms with van der Waals surface area (Å²) in [7, 11) is 0. The lowest BCUT2D eigenvalue weighted by atomic mass is 9.90. The molecule has 0 bridgehead atoms. The summed E-state index contributed by atoms with van der Waals surface area (Å²) >= 11 is 0. The van der Waals surface area contributed by atoms with Crippen molar-refractivity contribution in [1.82, 2.24) is 0 Å². The van der Waals surface area contributed by atoms with Crippen LogP contribution < -0.4 is 5.32 Å². The van der Waals surface area contributed by atoms with E-state index in [9.17, 15) is 4.79 Å². The molecule has 2 heteroatoms. The molecule has 0 radical (unpaired) electrons. The monoisotopic (exact) mass is 279 g/mol. The van der Waals surface area contributed by atoms with E-state index in [0.717, 1.165) is 35.2 Å². The number of carbonyl (C=O) groups excluding carboxylic acids is 1. The van der Waals surface area contributed by atoms with Crippen LogP contribution in [-0.2, 0) is 12.8 Å². The Bertz CT molecular complexity index is 668. The molecule has 1 aliphatic carbocycles. The second-order valence-electron chi connectivity index (χ2n) is 5.98. The van der Waals surface area contributed by atoms with E-state index < -0.39 is 0 Å². The summed E-state index contributed by atoms with van der Waals surface area (Å²) in [5, 5.41) is 3.10. The highest BCUT2D eigenvalue weighted by Gasteiger charge is 2.15. The molecule has 1 amide bonds. The van der Waals surface area contributed by atoms with Crippen molar-refractivity contribution in [2.75, 3.05) is 5.32 Å². The Labute approximate surface area is 126 Å². The van der Waals surface area contributed by atoms with Crippen LogP contribution in [0, 0.1) is 13.8 Å². The van der Waals surface area contributed by atoms with Gasteiger partial charge in [0.15, 0.2) is 0 Å². The number of aryl methyl sites for hydroxylation is 3. The molecule has 0 saturated heterocycles. The molecule has 0 spiro atoms. The predicted octanol–water partition coefficient (Wildman–Crippen LogP) is 4.43. The van der Waals surface area contributed by atoms with Gasteiger partial charge in [0.2, 0.25) is 0 Å². The largest absolute Gasteiger partial charge is 0.322 e. The molecule has 0 aliphatic heterocycles. The summed E-state index contributed by atoms with van der Waals surface area (Å²) < 4.78 is 0. The van der Waals surface area contributed by atoms with Crippen LogP contribution in [0.5, 0.6) is 0 Å². The minimum atomic E-state index is -0.0132.